The lowest BCUT2D eigenvalue weighted by Crippen LogP contribution is -2.10. The SMILES string of the molecule is Cc1ccc(C(=O)Oc2ccccc2)c(F)c1. The fraction of sp³-hybridized carbons (Fsp3) is 0.0714. The van der Waals surface area contributed by atoms with Crippen LogP contribution in [0.5, 0.6) is 5.75 Å². The summed E-state index contributed by atoms with van der Waals surface area (Å²) in [5.74, 6) is -0.850. The van der Waals surface area contributed by atoms with E-state index < -0.39 is 11.8 Å². The summed E-state index contributed by atoms with van der Waals surface area (Å²) < 4.78 is 18.5. The van der Waals surface area contributed by atoms with Gasteiger partial charge in [-0.25, -0.2) is 9.18 Å². The van der Waals surface area contributed by atoms with Crippen LogP contribution in [0.25, 0.3) is 0 Å². The van der Waals surface area contributed by atoms with Crippen LogP contribution < -0.4 is 4.74 Å². The Balaban J connectivity index is 2.21. The number of benzene rings is 2. The van der Waals surface area contributed by atoms with E-state index in [9.17, 15) is 9.18 Å². The van der Waals surface area contributed by atoms with Gasteiger partial charge in [0.05, 0.1) is 5.56 Å². The lowest BCUT2D eigenvalue weighted by Gasteiger charge is -2.05. The Hall–Kier alpha value is -2.16. The Kier molecular flexibility index (Phi) is 3.19. The van der Waals surface area contributed by atoms with E-state index >= 15 is 0 Å². The first-order valence-electron chi connectivity index (χ1n) is 5.20. The molecule has 17 heavy (non-hydrogen) atoms. The van der Waals surface area contributed by atoms with Crippen molar-refractivity contribution >= 4 is 5.97 Å². The summed E-state index contributed by atoms with van der Waals surface area (Å²) >= 11 is 0. The second-order valence-electron chi connectivity index (χ2n) is 3.69. The number of hydrogen-bond donors (Lipinski definition) is 0. The van der Waals surface area contributed by atoms with Crippen LogP contribution in [0.1, 0.15) is 15.9 Å². The van der Waals surface area contributed by atoms with Gasteiger partial charge in [-0.1, -0.05) is 24.3 Å². The van der Waals surface area contributed by atoms with Crippen molar-refractivity contribution in [1.29, 1.82) is 0 Å². The van der Waals surface area contributed by atoms with Gasteiger partial charge in [0, 0.05) is 0 Å². The summed E-state index contributed by atoms with van der Waals surface area (Å²) in [5.41, 5.74) is 0.707. The molecule has 0 atom stereocenters. The van der Waals surface area contributed by atoms with Gasteiger partial charge in [0.1, 0.15) is 11.6 Å². The van der Waals surface area contributed by atoms with E-state index in [-0.39, 0.29) is 5.56 Å². The number of aryl methyl sites for hydroxylation is 1. The van der Waals surface area contributed by atoms with Gasteiger partial charge >= 0.3 is 5.97 Å². The van der Waals surface area contributed by atoms with Crippen molar-refractivity contribution in [3.05, 3.63) is 65.5 Å². The van der Waals surface area contributed by atoms with Crippen LogP contribution in [0, 0.1) is 12.7 Å². The molecule has 86 valence electrons. The Morgan fingerprint density at radius 2 is 1.82 bits per heavy atom. The van der Waals surface area contributed by atoms with E-state index in [4.69, 9.17) is 4.74 Å². The molecule has 0 N–H and O–H groups in total. The first kappa shape index (κ1) is 11.3. The van der Waals surface area contributed by atoms with Gasteiger partial charge in [0.25, 0.3) is 0 Å². The average molecular weight is 230 g/mol. The van der Waals surface area contributed by atoms with E-state index in [1.54, 1.807) is 37.3 Å². The van der Waals surface area contributed by atoms with Gasteiger partial charge in [-0.05, 0) is 36.8 Å². The van der Waals surface area contributed by atoms with Crippen molar-refractivity contribution < 1.29 is 13.9 Å². The molecule has 0 fully saturated rings. The molecular formula is C14H11FO2. The molecule has 0 amide bonds. The third kappa shape index (κ3) is 2.69. The maximum Gasteiger partial charge on any atom is 0.346 e. The normalized spacial score (nSPS) is 10.0. The number of halogens is 1. The van der Waals surface area contributed by atoms with E-state index in [0.717, 1.165) is 5.56 Å². The number of carbonyl (C=O) groups excluding carboxylic acids is 1. The van der Waals surface area contributed by atoms with Crippen LogP contribution in [0.15, 0.2) is 48.5 Å². The summed E-state index contributed by atoms with van der Waals surface area (Å²) in [6, 6.07) is 13.0. The summed E-state index contributed by atoms with van der Waals surface area (Å²) in [7, 11) is 0. The van der Waals surface area contributed by atoms with Crippen LogP contribution >= 0.6 is 0 Å². The minimum atomic E-state index is -0.686. The topological polar surface area (TPSA) is 26.3 Å². The van der Waals surface area contributed by atoms with Crippen LogP contribution in [0.3, 0.4) is 0 Å². The van der Waals surface area contributed by atoms with Gasteiger partial charge in [0.15, 0.2) is 0 Å². The standard InChI is InChI=1S/C14H11FO2/c1-10-7-8-12(13(15)9-10)14(16)17-11-5-3-2-4-6-11/h2-9H,1H3. The zero-order valence-corrected chi connectivity index (χ0v) is 9.31. The maximum absolute atomic E-state index is 13.5. The number of ether oxygens (including phenoxy) is 1. The molecule has 0 aliphatic rings. The fourth-order valence-corrected chi connectivity index (χ4v) is 1.44. The molecular weight excluding hydrogens is 219 g/mol. The first-order valence-corrected chi connectivity index (χ1v) is 5.20. The minimum Gasteiger partial charge on any atom is -0.423 e. The van der Waals surface area contributed by atoms with Crippen molar-refractivity contribution in [2.75, 3.05) is 0 Å². The maximum atomic E-state index is 13.5. The van der Waals surface area contributed by atoms with Crippen LogP contribution in [-0.4, -0.2) is 5.97 Å². The van der Waals surface area contributed by atoms with Gasteiger partial charge in [-0.2, -0.15) is 0 Å². The second-order valence-corrected chi connectivity index (χ2v) is 3.69. The Morgan fingerprint density at radius 3 is 2.47 bits per heavy atom. The number of carbonyl (C=O) groups is 1. The van der Waals surface area contributed by atoms with Crippen LogP contribution in [0.2, 0.25) is 0 Å². The summed E-state index contributed by atoms with van der Waals surface area (Å²) in [6.45, 7) is 1.76. The molecule has 0 saturated carbocycles. The van der Waals surface area contributed by atoms with E-state index in [1.807, 2.05) is 6.07 Å². The lowest BCUT2D eigenvalue weighted by molar-refractivity contribution is 0.0730. The molecule has 0 unspecified atom stereocenters. The first-order chi connectivity index (χ1) is 8.16. The highest BCUT2D eigenvalue weighted by Gasteiger charge is 2.13. The molecule has 0 aromatic heterocycles. The molecule has 2 rings (SSSR count). The monoisotopic (exact) mass is 230 g/mol. The lowest BCUT2D eigenvalue weighted by atomic mass is 10.1. The highest BCUT2D eigenvalue weighted by atomic mass is 19.1. The molecule has 3 heteroatoms. The van der Waals surface area contributed by atoms with E-state index in [1.165, 1.54) is 12.1 Å². The molecule has 0 bridgehead atoms. The summed E-state index contributed by atoms with van der Waals surface area (Å²) in [6.07, 6.45) is 0. The van der Waals surface area contributed by atoms with Crippen LogP contribution in [-0.2, 0) is 0 Å². The molecule has 2 nitrogen and oxygen atoms in total. The predicted molar refractivity (Wildman–Crippen MR) is 62.5 cm³/mol. The van der Waals surface area contributed by atoms with Gasteiger partial charge in [0.2, 0.25) is 0 Å². The second kappa shape index (κ2) is 4.78. The number of hydrogen-bond acceptors (Lipinski definition) is 2. The molecule has 2 aromatic rings. The summed E-state index contributed by atoms with van der Waals surface area (Å²) in [4.78, 5) is 11.7. The Bertz CT molecular complexity index is 535. The van der Waals surface area contributed by atoms with Crippen molar-refractivity contribution in [2.45, 2.75) is 6.92 Å². The minimum absolute atomic E-state index is 0.0561. The number of esters is 1. The molecule has 0 saturated heterocycles. The molecule has 2 aromatic carbocycles. The molecule has 0 aliphatic carbocycles. The predicted octanol–water partition coefficient (Wildman–Crippen LogP) is 3.35. The third-order valence-electron chi connectivity index (χ3n) is 2.30. The van der Waals surface area contributed by atoms with Crippen molar-refractivity contribution in [2.24, 2.45) is 0 Å². The Labute approximate surface area is 98.7 Å². The van der Waals surface area contributed by atoms with Crippen molar-refractivity contribution in [3.63, 3.8) is 0 Å². The van der Waals surface area contributed by atoms with E-state index in [2.05, 4.69) is 0 Å². The molecule has 0 radical (unpaired) electrons. The van der Waals surface area contributed by atoms with Gasteiger partial charge in [-0.3, -0.25) is 0 Å². The van der Waals surface area contributed by atoms with Crippen molar-refractivity contribution in [3.8, 4) is 5.75 Å². The van der Waals surface area contributed by atoms with Gasteiger partial charge < -0.3 is 4.74 Å². The quantitative estimate of drug-likeness (QED) is 0.584. The summed E-state index contributed by atoms with van der Waals surface area (Å²) in [5, 5.41) is 0. The zero-order chi connectivity index (χ0) is 12.3. The third-order valence-corrected chi connectivity index (χ3v) is 2.30. The van der Waals surface area contributed by atoms with Crippen LogP contribution in [0.4, 0.5) is 4.39 Å². The molecule has 0 spiro atoms. The highest BCUT2D eigenvalue weighted by molar-refractivity contribution is 5.91. The number of rotatable bonds is 2. The van der Waals surface area contributed by atoms with Gasteiger partial charge in [-0.15, -0.1) is 0 Å². The molecule has 0 aliphatic heterocycles. The molecule has 0 heterocycles. The zero-order valence-electron chi connectivity index (χ0n) is 9.31. The Morgan fingerprint density at radius 1 is 1.12 bits per heavy atom. The smallest absolute Gasteiger partial charge is 0.346 e. The largest absolute Gasteiger partial charge is 0.423 e. The number of para-hydroxylation sites is 1. The fourth-order valence-electron chi connectivity index (χ4n) is 1.44. The van der Waals surface area contributed by atoms with Crippen molar-refractivity contribution in [1.82, 2.24) is 0 Å². The average Bonchev–Trinajstić information content (AvgIpc) is 2.30. The van der Waals surface area contributed by atoms with E-state index in [0.29, 0.717) is 5.75 Å². The highest BCUT2D eigenvalue weighted by Crippen LogP contribution is 2.15.